The maximum Gasteiger partial charge on any atom is 0.109 e. The van der Waals surface area contributed by atoms with Crippen LogP contribution in [0.2, 0.25) is 0 Å². The topological polar surface area (TPSA) is 87.4 Å². The molecular weight excluding hydrogens is 620 g/mol. The summed E-state index contributed by atoms with van der Waals surface area (Å²) >= 11 is 0. The summed E-state index contributed by atoms with van der Waals surface area (Å²) in [6.07, 6.45) is 18.3. The summed E-state index contributed by atoms with van der Waals surface area (Å²) in [4.78, 5) is 5.03. The lowest BCUT2D eigenvalue weighted by atomic mass is 9.62. The van der Waals surface area contributed by atoms with Gasteiger partial charge in [-0.3, -0.25) is 9.80 Å². The van der Waals surface area contributed by atoms with Crippen LogP contribution in [0.3, 0.4) is 0 Å². The van der Waals surface area contributed by atoms with Gasteiger partial charge in [-0.2, -0.15) is 0 Å². The van der Waals surface area contributed by atoms with Gasteiger partial charge < -0.3 is 20.4 Å². The maximum absolute atomic E-state index is 11.7. The van der Waals surface area contributed by atoms with Crippen LogP contribution in [-0.4, -0.2) is 90.9 Å². The van der Waals surface area contributed by atoms with Gasteiger partial charge in [0.15, 0.2) is 0 Å². The fraction of sp³-hybridized carbons (Fsp3) is 0.727. The van der Waals surface area contributed by atoms with E-state index in [2.05, 4.69) is 72.2 Å². The highest BCUT2D eigenvalue weighted by atomic mass is 16.4. The fourth-order valence-electron chi connectivity index (χ4n) is 10.7. The Balaban J connectivity index is 0.000000157. The van der Waals surface area contributed by atoms with Crippen molar-refractivity contribution < 1.29 is 20.4 Å². The maximum atomic E-state index is 11.7. The molecule has 0 spiro atoms. The summed E-state index contributed by atoms with van der Waals surface area (Å²) in [7, 11) is 0. The van der Waals surface area contributed by atoms with E-state index in [-0.39, 0.29) is 12.1 Å². The molecule has 0 bridgehead atoms. The minimum Gasteiger partial charge on any atom is -0.387 e. The molecule has 6 aliphatic rings. The van der Waals surface area contributed by atoms with Gasteiger partial charge in [-0.15, -0.1) is 0 Å². The Kier molecular flexibility index (Phi) is 10.9. The van der Waals surface area contributed by atoms with Crippen LogP contribution in [0.25, 0.3) is 0 Å². The number of hydrogen-bond acceptors (Lipinski definition) is 6. The van der Waals surface area contributed by atoms with Crippen LogP contribution < -0.4 is 0 Å². The summed E-state index contributed by atoms with van der Waals surface area (Å²) in [5.41, 5.74) is 1.39. The molecule has 4 N–H and O–H groups in total. The molecule has 0 radical (unpaired) electrons. The molecule has 2 saturated heterocycles. The Morgan fingerprint density at radius 2 is 0.860 bits per heavy atom. The fourth-order valence-corrected chi connectivity index (χ4v) is 10.7. The van der Waals surface area contributed by atoms with E-state index in [1.807, 2.05) is 0 Å². The van der Waals surface area contributed by atoms with Crippen LogP contribution in [0.5, 0.6) is 0 Å². The second-order valence-electron chi connectivity index (χ2n) is 17.8. The average molecular weight is 687 g/mol. The minimum absolute atomic E-state index is 0.0369. The standard InChI is InChI=1S/2C22H33NO2/c2*1-17-7-9-18(10-8-17)15-20-22(25)12-3-2-11-21(22,24)13-14-23(20)16-19-5-4-6-19/h2*7-10,19-20,24-25H,2-6,11-16H2,1H3/t20-,21+,22+;20-,21-,22-/m00/s1. The normalized spacial score (nSPS) is 36.7. The highest BCUT2D eigenvalue weighted by Crippen LogP contribution is 2.49. The highest BCUT2D eigenvalue weighted by Gasteiger charge is 2.60. The lowest BCUT2D eigenvalue weighted by Crippen LogP contribution is -2.72. The number of nitrogens with zero attached hydrogens (tertiary/aromatic N) is 2. The highest BCUT2D eigenvalue weighted by molar-refractivity contribution is 5.26. The smallest absolute Gasteiger partial charge is 0.109 e. The lowest BCUT2D eigenvalue weighted by molar-refractivity contribution is -0.236. The molecule has 8 rings (SSSR count). The minimum atomic E-state index is -0.960. The molecule has 2 aliphatic heterocycles. The van der Waals surface area contributed by atoms with E-state index in [9.17, 15) is 20.4 Å². The van der Waals surface area contributed by atoms with Crippen molar-refractivity contribution >= 4 is 0 Å². The number of aryl methyl sites for hydroxylation is 2. The van der Waals surface area contributed by atoms with Crippen molar-refractivity contribution in [3.05, 3.63) is 70.8 Å². The van der Waals surface area contributed by atoms with Crippen LogP contribution in [0.4, 0.5) is 0 Å². The summed E-state index contributed by atoms with van der Waals surface area (Å²) in [5.74, 6) is 1.58. The van der Waals surface area contributed by atoms with Gasteiger partial charge in [0.1, 0.15) is 11.2 Å². The van der Waals surface area contributed by atoms with Gasteiger partial charge in [-0.05, 0) is 114 Å². The van der Waals surface area contributed by atoms with Crippen LogP contribution >= 0.6 is 0 Å². The quantitative estimate of drug-likeness (QED) is 0.242. The first-order valence-corrected chi connectivity index (χ1v) is 20.5. The lowest BCUT2D eigenvalue weighted by Gasteiger charge is -2.58. The van der Waals surface area contributed by atoms with E-state index in [1.54, 1.807) is 0 Å². The van der Waals surface area contributed by atoms with Crippen molar-refractivity contribution in [2.75, 3.05) is 26.2 Å². The number of likely N-dealkylation sites (tertiary alicyclic amines) is 2. The molecule has 2 aromatic carbocycles. The number of aliphatic hydroxyl groups is 4. The van der Waals surface area contributed by atoms with Crippen molar-refractivity contribution in [1.29, 1.82) is 0 Å². The predicted octanol–water partition coefficient (Wildman–Crippen LogP) is 6.90. The van der Waals surface area contributed by atoms with E-state index >= 15 is 0 Å². The van der Waals surface area contributed by atoms with E-state index in [4.69, 9.17) is 0 Å². The average Bonchev–Trinajstić information content (AvgIpc) is 3.06. The molecule has 0 unspecified atom stereocenters. The monoisotopic (exact) mass is 687 g/mol. The molecule has 0 amide bonds. The zero-order valence-corrected chi connectivity index (χ0v) is 31.2. The van der Waals surface area contributed by atoms with Crippen LogP contribution in [0.15, 0.2) is 48.5 Å². The number of benzene rings is 2. The second kappa shape index (κ2) is 14.9. The molecule has 2 aromatic rings. The molecule has 6 heteroatoms. The number of rotatable bonds is 8. The van der Waals surface area contributed by atoms with Crippen molar-refractivity contribution in [1.82, 2.24) is 9.80 Å². The second-order valence-corrected chi connectivity index (χ2v) is 17.8. The van der Waals surface area contributed by atoms with Gasteiger partial charge in [0.05, 0.1) is 11.2 Å². The molecule has 0 aromatic heterocycles. The molecule has 50 heavy (non-hydrogen) atoms. The Morgan fingerprint density at radius 3 is 1.20 bits per heavy atom. The third-order valence-electron chi connectivity index (χ3n) is 14.6. The van der Waals surface area contributed by atoms with Gasteiger partial charge in [0.2, 0.25) is 0 Å². The number of fused-ring (bicyclic) bond motifs is 2. The summed E-state index contributed by atoms with van der Waals surface area (Å²) < 4.78 is 0. The van der Waals surface area contributed by atoms with E-state index in [1.165, 1.54) is 60.8 Å². The Labute approximate surface area is 302 Å². The van der Waals surface area contributed by atoms with Crippen molar-refractivity contribution in [3.8, 4) is 0 Å². The van der Waals surface area contributed by atoms with Crippen LogP contribution in [-0.2, 0) is 12.8 Å². The SMILES string of the molecule is Cc1ccc(C[C@@H]2N(CC3CCC3)CC[C@@]3(O)CCCC[C@]23O)cc1.Cc1ccc(C[C@@H]2N(CC3CCC3)CC[C@]3(O)CCCC[C@@]23O)cc1. The Hall–Kier alpha value is -1.80. The van der Waals surface area contributed by atoms with Gasteiger partial charge in [-0.25, -0.2) is 0 Å². The van der Waals surface area contributed by atoms with Crippen LogP contribution in [0, 0.1) is 25.7 Å². The van der Waals surface area contributed by atoms with Crippen molar-refractivity contribution in [3.63, 3.8) is 0 Å². The summed E-state index contributed by atoms with van der Waals surface area (Å²) in [5, 5.41) is 46.0. The van der Waals surface area contributed by atoms with E-state index in [0.717, 1.165) is 115 Å². The molecule has 6 atom stereocenters. The first-order valence-electron chi connectivity index (χ1n) is 20.5. The third-order valence-corrected chi connectivity index (χ3v) is 14.6. The summed E-state index contributed by atoms with van der Waals surface area (Å²) in [6.45, 7) is 8.25. The molecule has 2 heterocycles. The Bertz CT molecular complexity index is 1300. The van der Waals surface area contributed by atoms with Crippen LogP contribution in [0.1, 0.15) is 125 Å². The molecule has 4 saturated carbocycles. The van der Waals surface area contributed by atoms with E-state index < -0.39 is 22.4 Å². The predicted molar refractivity (Wildman–Crippen MR) is 201 cm³/mol. The van der Waals surface area contributed by atoms with Gasteiger partial charge in [-0.1, -0.05) is 98.2 Å². The zero-order chi connectivity index (χ0) is 35.0. The number of piperidine rings is 2. The number of hydrogen-bond donors (Lipinski definition) is 4. The first kappa shape index (κ1) is 36.6. The van der Waals surface area contributed by atoms with Gasteiger partial charge in [0, 0.05) is 38.3 Å². The van der Waals surface area contributed by atoms with E-state index in [0.29, 0.717) is 0 Å². The molecular formula is C44H66N2O4. The molecule has 6 fully saturated rings. The third kappa shape index (κ3) is 7.24. The van der Waals surface area contributed by atoms with Gasteiger partial charge in [0.25, 0.3) is 0 Å². The first-order chi connectivity index (χ1) is 24.0. The molecule has 276 valence electrons. The molecule has 4 aliphatic carbocycles. The zero-order valence-electron chi connectivity index (χ0n) is 31.2. The Morgan fingerprint density at radius 1 is 0.500 bits per heavy atom. The molecule has 6 nitrogen and oxygen atoms in total. The van der Waals surface area contributed by atoms with Crippen molar-refractivity contribution in [2.24, 2.45) is 11.8 Å². The van der Waals surface area contributed by atoms with Gasteiger partial charge >= 0.3 is 0 Å². The summed E-state index contributed by atoms with van der Waals surface area (Å²) in [6, 6.07) is 17.5. The van der Waals surface area contributed by atoms with Crippen molar-refractivity contribution in [2.45, 2.75) is 164 Å². The largest absolute Gasteiger partial charge is 0.387 e.